The van der Waals surface area contributed by atoms with E-state index in [0.717, 1.165) is 0 Å². The van der Waals surface area contributed by atoms with E-state index in [4.69, 9.17) is 5.26 Å². The first-order valence-electron chi connectivity index (χ1n) is 3.41. The van der Waals surface area contributed by atoms with E-state index >= 15 is 0 Å². The molecule has 0 saturated carbocycles. The summed E-state index contributed by atoms with van der Waals surface area (Å²) in [5, 5.41) is 8.61. The summed E-state index contributed by atoms with van der Waals surface area (Å²) in [7, 11) is 0. The van der Waals surface area contributed by atoms with Crippen molar-refractivity contribution in [2.24, 2.45) is 0 Å². The van der Waals surface area contributed by atoms with E-state index in [-0.39, 0.29) is 16.7 Å². The van der Waals surface area contributed by atoms with Gasteiger partial charge in [-0.15, -0.1) is 12.6 Å². The van der Waals surface area contributed by atoms with Gasteiger partial charge in [0.05, 0.1) is 11.6 Å². The molecular weight excluding hydrogens is 186 g/mol. The van der Waals surface area contributed by atoms with E-state index in [0.29, 0.717) is 17.5 Å². The highest BCUT2D eigenvalue weighted by molar-refractivity contribution is 7.80. The number of hydrogen-bond acceptors (Lipinski definition) is 4. The third-order valence-corrected chi connectivity index (χ3v) is 2.01. The Balaban J connectivity index is 3.56. The maximum absolute atomic E-state index is 10.6. The summed E-state index contributed by atoms with van der Waals surface area (Å²) in [5.74, 6) is 0. The Morgan fingerprint density at radius 2 is 1.85 bits per heavy atom. The van der Waals surface area contributed by atoms with Crippen molar-refractivity contribution in [2.45, 2.75) is 4.90 Å². The minimum atomic E-state index is 0.102. The molecule has 13 heavy (non-hydrogen) atoms. The lowest BCUT2D eigenvalue weighted by atomic mass is 10.0. The fraction of sp³-hybridized carbons (Fsp3) is 0. The largest absolute Gasteiger partial charge is 0.298 e. The number of nitrogens with zero attached hydrogens (tertiary/aromatic N) is 1. The fourth-order valence-corrected chi connectivity index (χ4v) is 1.22. The number of nitriles is 1. The van der Waals surface area contributed by atoms with Gasteiger partial charge in [-0.05, 0) is 12.1 Å². The summed E-state index contributed by atoms with van der Waals surface area (Å²) in [6.07, 6.45) is 1.01. The van der Waals surface area contributed by atoms with Crippen LogP contribution >= 0.6 is 12.6 Å². The topological polar surface area (TPSA) is 57.9 Å². The predicted octanol–water partition coefficient (Wildman–Crippen LogP) is 1.47. The molecule has 0 atom stereocenters. The fourth-order valence-electron chi connectivity index (χ4n) is 0.973. The molecule has 64 valence electrons. The number of benzene rings is 1. The first-order chi connectivity index (χ1) is 6.24. The minimum absolute atomic E-state index is 0.102. The average Bonchev–Trinajstić information content (AvgIpc) is 2.17. The minimum Gasteiger partial charge on any atom is -0.298 e. The van der Waals surface area contributed by atoms with Crippen LogP contribution in [0.5, 0.6) is 0 Å². The third-order valence-electron chi connectivity index (χ3n) is 1.62. The van der Waals surface area contributed by atoms with E-state index in [1.54, 1.807) is 0 Å². The standard InChI is InChI=1S/C9H5NO2S/c10-3-6-1-2-9(13)8(5-12)7(6)4-11/h1-2,4-5,13H. The third kappa shape index (κ3) is 1.60. The highest BCUT2D eigenvalue weighted by Crippen LogP contribution is 2.18. The smallest absolute Gasteiger partial charge is 0.152 e. The molecule has 0 unspecified atom stereocenters. The van der Waals surface area contributed by atoms with Crippen LogP contribution < -0.4 is 0 Å². The Hall–Kier alpha value is -1.60. The van der Waals surface area contributed by atoms with Crippen LogP contribution in [-0.4, -0.2) is 12.6 Å². The molecule has 0 N–H and O–H groups in total. The second-order valence-electron chi connectivity index (χ2n) is 2.31. The van der Waals surface area contributed by atoms with Crippen LogP contribution in [0, 0.1) is 11.3 Å². The van der Waals surface area contributed by atoms with Crippen molar-refractivity contribution < 1.29 is 9.59 Å². The molecule has 0 amide bonds. The van der Waals surface area contributed by atoms with E-state index in [9.17, 15) is 9.59 Å². The van der Waals surface area contributed by atoms with Gasteiger partial charge in [-0.25, -0.2) is 0 Å². The molecule has 1 rings (SSSR count). The first kappa shape index (κ1) is 9.49. The SMILES string of the molecule is N#Cc1ccc(S)c(C=O)c1C=O. The van der Waals surface area contributed by atoms with Gasteiger partial charge >= 0.3 is 0 Å². The molecule has 0 aliphatic rings. The highest BCUT2D eigenvalue weighted by Gasteiger charge is 2.09. The first-order valence-corrected chi connectivity index (χ1v) is 3.85. The molecule has 0 aromatic heterocycles. The lowest BCUT2D eigenvalue weighted by Gasteiger charge is -2.01. The van der Waals surface area contributed by atoms with Gasteiger partial charge in [-0.2, -0.15) is 5.26 Å². The second-order valence-corrected chi connectivity index (χ2v) is 2.79. The van der Waals surface area contributed by atoms with Gasteiger partial charge in [-0.1, -0.05) is 0 Å². The molecule has 1 aromatic carbocycles. The molecule has 0 aliphatic heterocycles. The van der Waals surface area contributed by atoms with E-state index in [1.165, 1.54) is 12.1 Å². The van der Waals surface area contributed by atoms with Gasteiger partial charge in [0.15, 0.2) is 12.6 Å². The number of rotatable bonds is 2. The normalized spacial score (nSPS) is 8.92. The van der Waals surface area contributed by atoms with Crippen molar-refractivity contribution in [3.05, 3.63) is 28.8 Å². The highest BCUT2D eigenvalue weighted by atomic mass is 32.1. The van der Waals surface area contributed by atoms with Crippen LogP contribution in [-0.2, 0) is 0 Å². The van der Waals surface area contributed by atoms with Gasteiger partial charge in [-0.3, -0.25) is 9.59 Å². The van der Waals surface area contributed by atoms with E-state index in [1.807, 2.05) is 6.07 Å². The average molecular weight is 191 g/mol. The molecule has 0 bridgehead atoms. The van der Waals surface area contributed by atoms with Gasteiger partial charge in [0, 0.05) is 16.0 Å². The van der Waals surface area contributed by atoms with Crippen LogP contribution in [0.25, 0.3) is 0 Å². The molecule has 0 spiro atoms. The maximum Gasteiger partial charge on any atom is 0.152 e. The van der Waals surface area contributed by atoms with Crippen molar-refractivity contribution in [3.8, 4) is 6.07 Å². The van der Waals surface area contributed by atoms with Gasteiger partial charge in [0.2, 0.25) is 0 Å². The zero-order chi connectivity index (χ0) is 9.84. The summed E-state index contributed by atoms with van der Waals surface area (Å²) >= 11 is 3.99. The van der Waals surface area contributed by atoms with Gasteiger partial charge < -0.3 is 0 Å². The number of carbonyl (C=O) groups excluding carboxylic acids is 2. The van der Waals surface area contributed by atoms with Crippen LogP contribution in [0.15, 0.2) is 17.0 Å². The van der Waals surface area contributed by atoms with Gasteiger partial charge in [0.25, 0.3) is 0 Å². The molecule has 0 aliphatic carbocycles. The summed E-state index contributed by atoms with van der Waals surface area (Å²) in [6, 6.07) is 4.79. The number of aldehydes is 2. The Morgan fingerprint density at radius 3 is 2.31 bits per heavy atom. The van der Waals surface area contributed by atoms with Gasteiger partial charge in [0.1, 0.15) is 0 Å². The molecule has 0 radical (unpaired) electrons. The van der Waals surface area contributed by atoms with E-state index in [2.05, 4.69) is 12.6 Å². The number of hydrogen-bond donors (Lipinski definition) is 1. The van der Waals surface area contributed by atoms with Crippen molar-refractivity contribution >= 4 is 25.2 Å². The van der Waals surface area contributed by atoms with Crippen LogP contribution in [0.2, 0.25) is 0 Å². The molecule has 0 heterocycles. The number of carbonyl (C=O) groups is 2. The van der Waals surface area contributed by atoms with E-state index < -0.39 is 0 Å². The molecular formula is C9H5NO2S. The van der Waals surface area contributed by atoms with Crippen LogP contribution in [0.3, 0.4) is 0 Å². The Bertz CT molecular complexity index is 407. The zero-order valence-electron chi connectivity index (χ0n) is 6.52. The summed E-state index contributed by atoms with van der Waals surface area (Å²) in [6.45, 7) is 0. The lowest BCUT2D eigenvalue weighted by Crippen LogP contribution is -1.96. The zero-order valence-corrected chi connectivity index (χ0v) is 7.41. The molecule has 4 heteroatoms. The Morgan fingerprint density at radius 1 is 1.23 bits per heavy atom. The van der Waals surface area contributed by atoms with Crippen LogP contribution in [0.1, 0.15) is 26.3 Å². The Labute approximate surface area is 80.4 Å². The molecule has 0 fully saturated rings. The van der Waals surface area contributed by atoms with Crippen molar-refractivity contribution in [3.63, 3.8) is 0 Å². The Kier molecular flexibility index (Phi) is 2.83. The summed E-state index contributed by atoms with van der Waals surface area (Å²) in [5.41, 5.74) is 0.456. The maximum atomic E-state index is 10.6. The second kappa shape index (κ2) is 3.87. The summed E-state index contributed by atoms with van der Waals surface area (Å²) < 4.78 is 0. The predicted molar refractivity (Wildman–Crippen MR) is 49.2 cm³/mol. The molecule has 3 nitrogen and oxygen atoms in total. The number of thiol groups is 1. The van der Waals surface area contributed by atoms with Crippen molar-refractivity contribution in [1.82, 2.24) is 0 Å². The van der Waals surface area contributed by atoms with Crippen LogP contribution in [0.4, 0.5) is 0 Å². The molecule has 1 aromatic rings. The quantitative estimate of drug-likeness (QED) is 0.569. The monoisotopic (exact) mass is 191 g/mol. The summed E-state index contributed by atoms with van der Waals surface area (Å²) in [4.78, 5) is 21.5. The van der Waals surface area contributed by atoms with Crippen molar-refractivity contribution in [1.29, 1.82) is 5.26 Å². The van der Waals surface area contributed by atoms with Crippen molar-refractivity contribution in [2.75, 3.05) is 0 Å². The lowest BCUT2D eigenvalue weighted by molar-refractivity contribution is 0.109. The molecule has 0 saturated heterocycles.